The molecule has 1 unspecified atom stereocenters. The van der Waals surface area contributed by atoms with Crippen molar-refractivity contribution in [1.82, 2.24) is 30.4 Å². The molecule has 3 saturated heterocycles. The SMILES string of the molecule is COc1cc(C(=O)NC2CCN(C(=O)CCN3CCN(c4cccc(C5CCC(=O)NC5=O)c4)CC3)CC2)ccc1Nc1ncc2c(n1)N(C(C)C)CC1(CC1)C(=O)N2C. The maximum Gasteiger partial charge on any atom is 0.251 e. The van der Waals surface area contributed by atoms with Crippen molar-refractivity contribution in [2.45, 2.75) is 76.8 Å². The zero-order valence-electron chi connectivity index (χ0n) is 35.0. The Morgan fingerprint density at radius 2 is 1.75 bits per heavy atom. The van der Waals surface area contributed by atoms with E-state index in [0.717, 1.165) is 50.3 Å². The molecule has 4 aliphatic heterocycles. The van der Waals surface area contributed by atoms with Crippen LogP contribution in [0.5, 0.6) is 5.75 Å². The molecular formula is C44H56N10O6. The summed E-state index contributed by atoms with van der Waals surface area (Å²) in [5, 5.41) is 8.88. The highest BCUT2D eigenvalue weighted by Crippen LogP contribution is 2.52. The van der Waals surface area contributed by atoms with E-state index in [1.807, 2.05) is 17.0 Å². The molecule has 2 aromatic carbocycles. The normalized spacial score (nSPS) is 20.8. The molecule has 1 aliphatic carbocycles. The second-order valence-electron chi connectivity index (χ2n) is 17.1. The van der Waals surface area contributed by atoms with Gasteiger partial charge < -0.3 is 35.0 Å². The van der Waals surface area contributed by atoms with Gasteiger partial charge >= 0.3 is 0 Å². The number of aromatic nitrogens is 2. The van der Waals surface area contributed by atoms with Gasteiger partial charge in [-0.3, -0.25) is 34.2 Å². The lowest BCUT2D eigenvalue weighted by Crippen LogP contribution is -2.49. The van der Waals surface area contributed by atoms with Crippen LogP contribution in [-0.2, 0) is 19.2 Å². The van der Waals surface area contributed by atoms with Crippen LogP contribution in [0.2, 0.25) is 0 Å². The predicted molar refractivity (Wildman–Crippen MR) is 228 cm³/mol. The van der Waals surface area contributed by atoms with Crippen LogP contribution in [-0.4, -0.2) is 128 Å². The molecule has 1 spiro atoms. The summed E-state index contributed by atoms with van der Waals surface area (Å²) >= 11 is 0. The molecular weight excluding hydrogens is 765 g/mol. The number of carbonyl (C=O) groups is 5. The number of piperazine rings is 1. The summed E-state index contributed by atoms with van der Waals surface area (Å²) in [6.45, 7) is 10.0. The number of benzene rings is 2. The van der Waals surface area contributed by atoms with Gasteiger partial charge in [-0.25, -0.2) is 4.98 Å². The highest BCUT2D eigenvalue weighted by Gasteiger charge is 2.55. The largest absolute Gasteiger partial charge is 0.495 e. The minimum Gasteiger partial charge on any atom is -0.495 e. The van der Waals surface area contributed by atoms with Crippen molar-refractivity contribution in [2.75, 3.05) is 86.5 Å². The number of anilines is 5. The Morgan fingerprint density at radius 3 is 2.45 bits per heavy atom. The molecule has 5 aliphatic rings. The van der Waals surface area contributed by atoms with E-state index in [1.165, 1.54) is 0 Å². The van der Waals surface area contributed by atoms with Gasteiger partial charge in [0.25, 0.3) is 5.91 Å². The molecule has 8 rings (SSSR count). The predicted octanol–water partition coefficient (Wildman–Crippen LogP) is 3.65. The van der Waals surface area contributed by atoms with Crippen molar-refractivity contribution in [3.63, 3.8) is 0 Å². The van der Waals surface area contributed by atoms with Gasteiger partial charge in [0, 0.05) is 95.6 Å². The third-order valence-electron chi connectivity index (χ3n) is 12.9. The third-order valence-corrected chi connectivity index (χ3v) is 12.9. The maximum absolute atomic E-state index is 13.4. The summed E-state index contributed by atoms with van der Waals surface area (Å²) in [6, 6.07) is 13.4. The summed E-state index contributed by atoms with van der Waals surface area (Å²) < 4.78 is 5.69. The van der Waals surface area contributed by atoms with Crippen molar-refractivity contribution in [1.29, 1.82) is 0 Å². The molecule has 5 heterocycles. The molecule has 0 radical (unpaired) electrons. The lowest BCUT2D eigenvalue weighted by Gasteiger charge is -2.37. The lowest BCUT2D eigenvalue weighted by molar-refractivity contribution is -0.134. The Bertz CT molecular complexity index is 2140. The van der Waals surface area contributed by atoms with Crippen LogP contribution in [0.3, 0.4) is 0 Å². The Morgan fingerprint density at radius 1 is 0.983 bits per heavy atom. The number of imide groups is 1. The molecule has 318 valence electrons. The van der Waals surface area contributed by atoms with Crippen LogP contribution in [0.1, 0.15) is 80.6 Å². The van der Waals surface area contributed by atoms with Crippen molar-refractivity contribution in [3.05, 3.63) is 59.8 Å². The van der Waals surface area contributed by atoms with Crippen LogP contribution in [0.15, 0.2) is 48.7 Å². The van der Waals surface area contributed by atoms with E-state index >= 15 is 0 Å². The van der Waals surface area contributed by atoms with Crippen LogP contribution < -0.4 is 35.4 Å². The first-order valence-electron chi connectivity index (χ1n) is 21.3. The van der Waals surface area contributed by atoms with Gasteiger partial charge in [-0.15, -0.1) is 0 Å². The average molecular weight is 821 g/mol. The first kappa shape index (κ1) is 41.0. The van der Waals surface area contributed by atoms with E-state index in [-0.39, 0.29) is 53.0 Å². The van der Waals surface area contributed by atoms with E-state index in [9.17, 15) is 24.0 Å². The van der Waals surface area contributed by atoms with Crippen molar-refractivity contribution in [3.8, 4) is 5.75 Å². The molecule has 3 N–H and O–H groups in total. The summed E-state index contributed by atoms with van der Waals surface area (Å²) in [6.07, 6.45) is 6.12. The fourth-order valence-corrected chi connectivity index (χ4v) is 8.95. The molecule has 3 aromatic rings. The molecule has 5 amide bonds. The standard InChI is InChI=1S/C44H56N10O6/c1-28(2)54-27-44(15-16-44)42(59)50(3)35-26-45-43(49-39(35)54)47-34-10-8-30(25-36(34)60-4)40(57)46-31-12-18-53(19-13-31)38(56)14-17-51-20-22-52(23-21-51)32-7-5-6-29(24-32)33-9-11-37(55)48-41(33)58/h5-8,10,24-26,28,31,33H,9,11-23,27H2,1-4H3,(H,46,57)(H,45,47,49)(H,48,55,58). The van der Waals surface area contributed by atoms with Crippen LogP contribution in [0.25, 0.3) is 0 Å². The number of amides is 5. The van der Waals surface area contributed by atoms with E-state index in [1.54, 1.807) is 43.5 Å². The van der Waals surface area contributed by atoms with E-state index in [2.05, 4.69) is 61.6 Å². The van der Waals surface area contributed by atoms with Gasteiger partial charge in [-0.1, -0.05) is 12.1 Å². The summed E-state index contributed by atoms with van der Waals surface area (Å²) in [4.78, 5) is 83.8. The number of ether oxygens (including phenoxy) is 1. The molecule has 60 heavy (non-hydrogen) atoms. The molecule has 1 saturated carbocycles. The highest BCUT2D eigenvalue weighted by atomic mass is 16.5. The summed E-state index contributed by atoms with van der Waals surface area (Å²) in [7, 11) is 3.34. The zero-order valence-corrected chi connectivity index (χ0v) is 35.0. The van der Waals surface area contributed by atoms with Gasteiger partial charge in [0.2, 0.25) is 29.6 Å². The maximum atomic E-state index is 13.4. The molecule has 1 aromatic heterocycles. The average Bonchev–Trinajstić information content (AvgIpc) is 4.06. The second kappa shape index (κ2) is 17.1. The van der Waals surface area contributed by atoms with Gasteiger partial charge in [0.1, 0.15) is 11.4 Å². The fraction of sp³-hybridized carbons (Fsp3) is 0.523. The number of hydrogen-bond acceptors (Lipinski definition) is 12. The van der Waals surface area contributed by atoms with Gasteiger partial charge in [-0.05, 0) is 81.8 Å². The van der Waals surface area contributed by atoms with Crippen molar-refractivity contribution >= 4 is 58.4 Å². The van der Waals surface area contributed by atoms with E-state index in [4.69, 9.17) is 9.72 Å². The first-order valence-corrected chi connectivity index (χ1v) is 21.3. The van der Waals surface area contributed by atoms with Crippen LogP contribution in [0, 0.1) is 5.41 Å². The first-order chi connectivity index (χ1) is 28.9. The minimum atomic E-state index is -0.361. The van der Waals surface area contributed by atoms with Gasteiger partial charge in [0.15, 0.2) is 5.82 Å². The van der Waals surface area contributed by atoms with E-state index < -0.39 is 0 Å². The second-order valence-corrected chi connectivity index (χ2v) is 17.1. The quantitative estimate of drug-likeness (QED) is 0.240. The third kappa shape index (κ3) is 8.60. The molecule has 1 atom stereocenters. The number of nitrogens with zero attached hydrogens (tertiary/aromatic N) is 7. The van der Waals surface area contributed by atoms with Gasteiger partial charge in [-0.2, -0.15) is 4.98 Å². The number of likely N-dealkylation sites (tertiary alicyclic amines) is 1. The topological polar surface area (TPSA) is 173 Å². The smallest absolute Gasteiger partial charge is 0.251 e. The number of hydrogen-bond donors (Lipinski definition) is 3. The highest BCUT2D eigenvalue weighted by molar-refractivity contribution is 6.03. The Hall–Kier alpha value is -5.77. The molecule has 0 bridgehead atoms. The monoisotopic (exact) mass is 820 g/mol. The number of fused-ring (bicyclic) bond motifs is 1. The molecule has 4 fully saturated rings. The van der Waals surface area contributed by atoms with Crippen molar-refractivity contribution < 1.29 is 28.7 Å². The number of nitrogens with one attached hydrogen (secondary N) is 3. The summed E-state index contributed by atoms with van der Waals surface area (Å²) in [5.41, 5.74) is 3.39. The number of rotatable bonds is 11. The van der Waals surface area contributed by atoms with Crippen molar-refractivity contribution in [2.24, 2.45) is 5.41 Å². The van der Waals surface area contributed by atoms with E-state index in [0.29, 0.717) is 92.7 Å². The lowest BCUT2D eigenvalue weighted by atomic mass is 9.90. The number of piperidine rings is 2. The zero-order chi connectivity index (χ0) is 42.1. The number of carbonyl (C=O) groups excluding carboxylic acids is 5. The fourth-order valence-electron chi connectivity index (χ4n) is 8.95. The minimum absolute atomic E-state index is 0.0522. The Labute approximate surface area is 351 Å². The van der Waals surface area contributed by atoms with Crippen LogP contribution in [0.4, 0.5) is 28.8 Å². The molecule has 16 nitrogen and oxygen atoms in total. The molecule has 16 heteroatoms. The van der Waals surface area contributed by atoms with Crippen LogP contribution >= 0.6 is 0 Å². The Kier molecular flexibility index (Phi) is 11.7. The summed E-state index contributed by atoms with van der Waals surface area (Å²) in [5.74, 6) is 0.824. The van der Waals surface area contributed by atoms with Gasteiger partial charge in [0.05, 0.1) is 30.3 Å². The Balaban J connectivity index is 0.791. The number of methoxy groups -OCH3 is 1.